The van der Waals surface area contributed by atoms with Gasteiger partial charge in [0, 0.05) is 11.5 Å². The maximum Gasteiger partial charge on any atom is 0.251 e. The molecule has 2 unspecified atom stereocenters. The van der Waals surface area contributed by atoms with Gasteiger partial charge in [0.25, 0.3) is 5.91 Å². The van der Waals surface area contributed by atoms with Gasteiger partial charge in [0.05, 0.1) is 42.1 Å². The van der Waals surface area contributed by atoms with Crippen molar-refractivity contribution >= 4 is 29.1 Å². The molecule has 4 rings (SSSR count). The molecule has 36 heavy (non-hydrogen) atoms. The zero-order valence-electron chi connectivity index (χ0n) is 20.0. The van der Waals surface area contributed by atoms with Gasteiger partial charge in [-0.1, -0.05) is 29.8 Å². The van der Waals surface area contributed by atoms with Crippen LogP contribution in [-0.2, 0) is 9.53 Å². The summed E-state index contributed by atoms with van der Waals surface area (Å²) in [6, 6.07) is 10.3. The third-order valence-corrected chi connectivity index (χ3v) is 7.05. The molecule has 2 aliphatic heterocycles. The largest absolute Gasteiger partial charge is 0.495 e. The average Bonchev–Trinajstić information content (AvgIpc) is 3.21. The minimum atomic E-state index is -1.62. The van der Waals surface area contributed by atoms with E-state index in [1.165, 1.54) is 32.2 Å². The lowest BCUT2D eigenvalue weighted by Gasteiger charge is -2.34. The molecule has 2 aromatic rings. The highest BCUT2D eigenvalue weighted by Crippen LogP contribution is 2.44. The molecule has 2 heterocycles. The van der Waals surface area contributed by atoms with Crippen molar-refractivity contribution in [3.8, 4) is 5.75 Å². The number of ether oxygens (including phenoxy) is 2. The van der Waals surface area contributed by atoms with Gasteiger partial charge >= 0.3 is 0 Å². The summed E-state index contributed by atoms with van der Waals surface area (Å²) in [5, 5.41) is 14.4. The van der Waals surface area contributed by atoms with E-state index >= 15 is 0 Å². The molecule has 2 aromatic carbocycles. The molecule has 8 nitrogen and oxygen atoms in total. The van der Waals surface area contributed by atoms with Crippen LogP contribution >= 0.6 is 11.6 Å². The fraction of sp³-hybridized carbons (Fsp3) is 0.346. The van der Waals surface area contributed by atoms with Gasteiger partial charge in [-0.15, -0.1) is 0 Å². The number of rotatable bonds is 7. The number of nitrogens with zero attached hydrogens (tertiary/aromatic N) is 1. The number of hydrogen-bond donors (Lipinski definition) is 3. The second-order valence-electron chi connectivity index (χ2n) is 9.40. The summed E-state index contributed by atoms with van der Waals surface area (Å²) in [6.07, 6.45) is 1.07. The molecule has 190 valence electrons. The second kappa shape index (κ2) is 9.65. The number of fused-ring (bicyclic) bond motifs is 1. The second-order valence-corrected chi connectivity index (χ2v) is 9.81. The van der Waals surface area contributed by atoms with Crippen molar-refractivity contribution in [2.75, 3.05) is 20.3 Å². The molecular weight excluding hydrogens is 489 g/mol. The smallest absolute Gasteiger partial charge is 0.251 e. The number of halogens is 2. The molecule has 2 aliphatic rings. The number of carbonyl (C=O) groups excluding carboxylic acids is 2. The first kappa shape index (κ1) is 25.8. The summed E-state index contributed by atoms with van der Waals surface area (Å²) in [4.78, 5) is 29.8. The van der Waals surface area contributed by atoms with E-state index in [1.807, 2.05) is 0 Å². The van der Waals surface area contributed by atoms with Crippen LogP contribution in [-0.4, -0.2) is 54.6 Å². The number of benzene rings is 2. The van der Waals surface area contributed by atoms with Crippen molar-refractivity contribution < 1.29 is 28.6 Å². The number of hydrogen-bond acceptors (Lipinski definition) is 6. The molecular formula is C26H27ClFN3O5. The first-order valence-corrected chi connectivity index (χ1v) is 11.7. The summed E-state index contributed by atoms with van der Waals surface area (Å²) >= 11 is 6.03. The lowest BCUT2D eigenvalue weighted by Crippen LogP contribution is -2.47. The van der Waals surface area contributed by atoms with E-state index < -0.39 is 40.7 Å². The van der Waals surface area contributed by atoms with Gasteiger partial charge in [0.2, 0.25) is 5.91 Å². The Labute approximate surface area is 212 Å². The first-order valence-electron chi connectivity index (χ1n) is 11.3. The van der Waals surface area contributed by atoms with Crippen LogP contribution in [0.3, 0.4) is 0 Å². The monoisotopic (exact) mass is 515 g/mol. The van der Waals surface area contributed by atoms with E-state index in [2.05, 4.69) is 10.3 Å². The number of carbonyl (C=O) groups is 2. The molecule has 0 aromatic heterocycles. The van der Waals surface area contributed by atoms with Crippen LogP contribution in [0, 0.1) is 17.2 Å². The van der Waals surface area contributed by atoms with Crippen LogP contribution in [0.25, 0.3) is 0 Å². The highest BCUT2D eigenvalue weighted by Gasteiger charge is 2.53. The molecule has 0 bridgehead atoms. The molecule has 4 N–H and O–H groups in total. The van der Waals surface area contributed by atoms with E-state index in [4.69, 9.17) is 26.8 Å². The number of nitrogens with one attached hydrogen (secondary N) is 1. The van der Waals surface area contributed by atoms with Crippen LogP contribution in [0.1, 0.15) is 29.8 Å². The Hall–Kier alpha value is -3.27. The van der Waals surface area contributed by atoms with Gasteiger partial charge in [0.1, 0.15) is 23.3 Å². The number of nitrogens with two attached hydrogens (primary N) is 1. The maximum absolute atomic E-state index is 13.6. The third kappa shape index (κ3) is 4.74. The predicted molar refractivity (Wildman–Crippen MR) is 133 cm³/mol. The van der Waals surface area contributed by atoms with Gasteiger partial charge in [-0.25, -0.2) is 4.39 Å². The number of aliphatic imine (C=N–C) groups is 1. The van der Waals surface area contributed by atoms with E-state index in [9.17, 15) is 19.1 Å². The average molecular weight is 516 g/mol. The molecule has 2 amide bonds. The standard InChI is InChI=1S/C26H27ClFN3O5/c1-25(24(29)33)13-36-22-17(25)11-20(31-21(22)14-4-7-16(28)8-5-14)26(2,34)12-30-23(32)15-6-9-18(27)19(10-15)35-3/h4-11,17,22,34H,12-13H2,1-3H3,(H2,29,33)(H,30,32)/t17?,22?,25-,26-/m0/s1. The van der Waals surface area contributed by atoms with Crippen LogP contribution < -0.4 is 15.8 Å². The van der Waals surface area contributed by atoms with Gasteiger partial charge < -0.3 is 25.6 Å². The first-order chi connectivity index (χ1) is 17.0. The zero-order chi connectivity index (χ0) is 26.3. The molecule has 1 fully saturated rings. The van der Waals surface area contributed by atoms with E-state index in [0.717, 1.165) is 0 Å². The SMILES string of the molecule is COc1cc(C(=O)NC[C@](C)(O)C2=CC3C(OC[C@]3(C)C(N)=O)C(c3ccc(F)cc3)=N2)ccc1Cl. The minimum absolute atomic E-state index is 0.0684. The lowest BCUT2D eigenvalue weighted by molar-refractivity contribution is -0.127. The fourth-order valence-electron chi connectivity index (χ4n) is 4.35. The van der Waals surface area contributed by atoms with Gasteiger partial charge in [-0.2, -0.15) is 0 Å². The molecule has 0 saturated carbocycles. The summed E-state index contributed by atoms with van der Waals surface area (Å²) in [5.41, 5.74) is 4.60. The van der Waals surface area contributed by atoms with Gasteiger partial charge in [-0.3, -0.25) is 14.6 Å². The minimum Gasteiger partial charge on any atom is -0.495 e. The summed E-state index contributed by atoms with van der Waals surface area (Å²) < 4.78 is 24.7. The number of amides is 2. The number of methoxy groups -OCH3 is 1. The van der Waals surface area contributed by atoms with Crippen molar-refractivity contribution in [2.45, 2.75) is 25.6 Å². The van der Waals surface area contributed by atoms with E-state index in [0.29, 0.717) is 27.6 Å². The molecule has 0 spiro atoms. The van der Waals surface area contributed by atoms with Crippen LogP contribution in [0.15, 0.2) is 59.2 Å². The summed E-state index contributed by atoms with van der Waals surface area (Å²) in [7, 11) is 1.44. The Balaban J connectivity index is 1.64. The molecule has 0 aliphatic carbocycles. The topological polar surface area (TPSA) is 123 Å². The van der Waals surface area contributed by atoms with Gasteiger partial charge in [0.15, 0.2) is 0 Å². The normalized spacial score (nSPS) is 24.7. The third-order valence-electron chi connectivity index (χ3n) is 6.73. The molecule has 0 radical (unpaired) electrons. The van der Waals surface area contributed by atoms with Crippen molar-refractivity contribution in [1.82, 2.24) is 5.32 Å². The molecule has 10 heteroatoms. The van der Waals surface area contributed by atoms with Crippen molar-refractivity contribution in [1.29, 1.82) is 0 Å². The Morgan fingerprint density at radius 3 is 2.67 bits per heavy atom. The summed E-state index contributed by atoms with van der Waals surface area (Å²) in [5.74, 6) is -1.59. The Morgan fingerprint density at radius 2 is 2.03 bits per heavy atom. The van der Waals surface area contributed by atoms with E-state index in [-0.39, 0.29) is 18.8 Å². The highest BCUT2D eigenvalue weighted by molar-refractivity contribution is 6.32. The van der Waals surface area contributed by atoms with Crippen LogP contribution in [0.4, 0.5) is 4.39 Å². The zero-order valence-corrected chi connectivity index (χ0v) is 20.8. The Bertz CT molecular complexity index is 1260. The molecule has 1 saturated heterocycles. The van der Waals surface area contributed by atoms with Crippen molar-refractivity contribution in [2.24, 2.45) is 22.1 Å². The molecule has 4 atom stereocenters. The van der Waals surface area contributed by atoms with Crippen LogP contribution in [0.5, 0.6) is 5.75 Å². The number of primary amides is 1. The quantitative estimate of drug-likeness (QED) is 0.523. The maximum atomic E-state index is 13.6. The van der Waals surface area contributed by atoms with Crippen molar-refractivity contribution in [3.05, 3.63) is 76.2 Å². The van der Waals surface area contributed by atoms with Gasteiger partial charge in [-0.05, 0) is 49.7 Å². The number of aliphatic hydroxyl groups is 1. The van der Waals surface area contributed by atoms with E-state index in [1.54, 1.807) is 37.3 Å². The van der Waals surface area contributed by atoms with Crippen LogP contribution in [0.2, 0.25) is 5.02 Å². The fourth-order valence-corrected chi connectivity index (χ4v) is 4.54. The lowest BCUT2D eigenvalue weighted by atomic mass is 9.72. The Morgan fingerprint density at radius 1 is 1.33 bits per heavy atom. The van der Waals surface area contributed by atoms with Crippen molar-refractivity contribution in [3.63, 3.8) is 0 Å². The summed E-state index contributed by atoms with van der Waals surface area (Å²) in [6.45, 7) is 3.09. The highest BCUT2D eigenvalue weighted by atomic mass is 35.5. The predicted octanol–water partition coefficient (Wildman–Crippen LogP) is 2.86. The Kier molecular flexibility index (Phi) is 6.92.